The fourth-order valence-corrected chi connectivity index (χ4v) is 2.42. The average molecular weight is 318 g/mol. The zero-order valence-electron chi connectivity index (χ0n) is 13.3. The van der Waals surface area contributed by atoms with E-state index in [1.54, 1.807) is 30.3 Å². The first-order chi connectivity index (χ1) is 11.5. The van der Waals surface area contributed by atoms with Crippen LogP contribution in [0, 0.1) is 6.92 Å². The van der Waals surface area contributed by atoms with Crippen LogP contribution in [0.3, 0.4) is 0 Å². The van der Waals surface area contributed by atoms with Gasteiger partial charge < -0.3 is 16.2 Å². The van der Waals surface area contributed by atoms with Gasteiger partial charge in [-0.3, -0.25) is 0 Å². The third-order valence-electron chi connectivity index (χ3n) is 3.66. The first-order valence-corrected chi connectivity index (χ1v) is 7.56. The van der Waals surface area contributed by atoms with Crippen molar-refractivity contribution in [1.82, 2.24) is 0 Å². The molecule has 0 aliphatic carbocycles. The van der Waals surface area contributed by atoms with Gasteiger partial charge in [0, 0.05) is 11.4 Å². The van der Waals surface area contributed by atoms with Gasteiger partial charge in [0.05, 0.1) is 5.56 Å². The Labute approximate surface area is 140 Å². The molecule has 0 aliphatic rings. The highest BCUT2D eigenvalue weighted by Gasteiger charge is 2.10. The standard InChI is InChI=1S/C20H18N2O2/c1-13-2-4-14(5-3-13)15-6-8-19(9-7-15)24-20(23)16-10-17(21)12-18(22)11-16/h2-12H,21-22H2,1H3. The van der Waals surface area contributed by atoms with E-state index in [-0.39, 0.29) is 0 Å². The van der Waals surface area contributed by atoms with Crippen molar-refractivity contribution in [2.45, 2.75) is 6.92 Å². The molecule has 3 aromatic carbocycles. The molecule has 0 unspecified atom stereocenters. The number of esters is 1. The molecule has 4 nitrogen and oxygen atoms in total. The van der Waals surface area contributed by atoms with E-state index in [4.69, 9.17) is 16.2 Å². The highest BCUT2D eigenvalue weighted by Crippen LogP contribution is 2.23. The van der Waals surface area contributed by atoms with E-state index in [2.05, 4.69) is 31.2 Å². The molecule has 24 heavy (non-hydrogen) atoms. The van der Waals surface area contributed by atoms with E-state index < -0.39 is 5.97 Å². The molecule has 0 saturated heterocycles. The van der Waals surface area contributed by atoms with Crippen molar-refractivity contribution in [3.8, 4) is 16.9 Å². The molecule has 0 heterocycles. The van der Waals surface area contributed by atoms with Gasteiger partial charge >= 0.3 is 5.97 Å². The Kier molecular flexibility index (Phi) is 4.20. The van der Waals surface area contributed by atoms with Gasteiger partial charge in [-0.25, -0.2) is 4.79 Å². The number of rotatable bonds is 3. The highest BCUT2D eigenvalue weighted by molar-refractivity contribution is 5.93. The van der Waals surface area contributed by atoms with Crippen molar-refractivity contribution in [1.29, 1.82) is 0 Å². The number of nitrogen functional groups attached to an aromatic ring is 2. The smallest absolute Gasteiger partial charge is 0.343 e. The summed E-state index contributed by atoms with van der Waals surface area (Å²) in [5.41, 5.74) is 16.0. The van der Waals surface area contributed by atoms with Gasteiger partial charge in [-0.2, -0.15) is 0 Å². The van der Waals surface area contributed by atoms with Gasteiger partial charge in [-0.15, -0.1) is 0 Å². The molecule has 4 heteroatoms. The summed E-state index contributed by atoms with van der Waals surface area (Å²) in [4.78, 5) is 12.2. The minimum absolute atomic E-state index is 0.329. The predicted octanol–water partition coefficient (Wildman–Crippen LogP) is 4.05. The molecule has 0 bridgehead atoms. The fraction of sp³-hybridized carbons (Fsp3) is 0.0500. The number of carbonyl (C=O) groups is 1. The molecule has 3 aromatic rings. The van der Waals surface area contributed by atoms with Gasteiger partial charge in [0.1, 0.15) is 5.75 Å². The summed E-state index contributed by atoms with van der Waals surface area (Å²) in [6, 6.07) is 20.3. The summed E-state index contributed by atoms with van der Waals surface area (Å²) < 4.78 is 5.37. The molecular weight excluding hydrogens is 300 g/mol. The summed E-state index contributed by atoms with van der Waals surface area (Å²) in [5, 5.41) is 0. The van der Waals surface area contributed by atoms with Crippen LogP contribution in [0.25, 0.3) is 11.1 Å². The molecule has 120 valence electrons. The van der Waals surface area contributed by atoms with Crippen LogP contribution in [0.5, 0.6) is 5.75 Å². The average Bonchev–Trinajstić information content (AvgIpc) is 2.55. The number of benzene rings is 3. The van der Waals surface area contributed by atoms with E-state index in [0.717, 1.165) is 11.1 Å². The number of carbonyl (C=O) groups excluding carboxylic acids is 1. The minimum atomic E-state index is -0.489. The Morgan fingerprint density at radius 3 is 1.83 bits per heavy atom. The molecule has 3 rings (SSSR count). The Bertz CT molecular complexity index is 849. The summed E-state index contributed by atoms with van der Waals surface area (Å²) in [6.07, 6.45) is 0. The van der Waals surface area contributed by atoms with Crippen molar-refractivity contribution in [3.63, 3.8) is 0 Å². The Balaban J connectivity index is 1.76. The van der Waals surface area contributed by atoms with Crippen molar-refractivity contribution in [2.24, 2.45) is 0 Å². The molecule has 4 N–H and O–H groups in total. The summed E-state index contributed by atoms with van der Waals surface area (Å²) in [7, 11) is 0. The second kappa shape index (κ2) is 6.46. The Hall–Kier alpha value is -3.27. The lowest BCUT2D eigenvalue weighted by molar-refractivity contribution is 0.0735. The van der Waals surface area contributed by atoms with E-state index >= 15 is 0 Å². The van der Waals surface area contributed by atoms with Crippen LogP contribution in [0.4, 0.5) is 11.4 Å². The van der Waals surface area contributed by atoms with Crippen LogP contribution < -0.4 is 16.2 Å². The maximum absolute atomic E-state index is 12.2. The van der Waals surface area contributed by atoms with Crippen molar-refractivity contribution in [2.75, 3.05) is 11.5 Å². The second-order valence-corrected chi connectivity index (χ2v) is 5.67. The van der Waals surface area contributed by atoms with E-state index in [9.17, 15) is 4.79 Å². The van der Waals surface area contributed by atoms with E-state index in [1.165, 1.54) is 5.56 Å². The number of anilines is 2. The molecule has 0 amide bonds. The third kappa shape index (κ3) is 3.55. The van der Waals surface area contributed by atoms with E-state index in [1.807, 2.05) is 12.1 Å². The first kappa shape index (κ1) is 15.6. The SMILES string of the molecule is Cc1ccc(-c2ccc(OC(=O)c3cc(N)cc(N)c3)cc2)cc1. The highest BCUT2D eigenvalue weighted by atomic mass is 16.5. The lowest BCUT2D eigenvalue weighted by atomic mass is 10.0. The zero-order valence-corrected chi connectivity index (χ0v) is 13.3. The Morgan fingerprint density at radius 1 is 0.792 bits per heavy atom. The molecule has 0 atom stereocenters. The topological polar surface area (TPSA) is 78.3 Å². The van der Waals surface area contributed by atoms with Gasteiger partial charge in [-0.05, 0) is 48.4 Å². The summed E-state index contributed by atoms with van der Waals surface area (Å²) >= 11 is 0. The number of nitrogens with two attached hydrogens (primary N) is 2. The quantitative estimate of drug-likeness (QED) is 0.434. The minimum Gasteiger partial charge on any atom is -0.423 e. The summed E-state index contributed by atoms with van der Waals surface area (Å²) in [6.45, 7) is 2.05. The molecule has 0 spiro atoms. The van der Waals surface area contributed by atoms with Crippen molar-refractivity contribution < 1.29 is 9.53 Å². The normalized spacial score (nSPS) is 10.4. The number of hydrogen-bond donors (Lipinski definition) is 2. The van der Waals surface area contributed by atoms with Gasteiger partial charge in [0.15, 0.2) is 0 Å². The maximum atomic E-state index is 12.2. The van der Waals surface area contributed by atoms with Crippen LogP contribution >= 0.6 is 0 Å². The number of hydrogen-bond acceptors (Lipinski definition) is 4. The first-order valence-electron chi connectivity index (χ1n) is 7.56. The Morgan fingerprint density at radius 2 is 1.29 bits per heavy atom. The van der Waals surface area contributed by atoms with Crippen LogP contribution in [-0.4, -0.2) is 5.97 Å². The lowest BCUT2D eigenvalue weighted by Crippen LogP contribution is -2.09. The van der Waals surface area contributed by atoms with Crippen LogP contribution in [0.2, 0.25) is 0 Å². The third-order valence-corrected chi connectivity index (χ3v) is 3.66. The molecule has 0 fully saturated rings. The predicted molar refractivity (Wildman–Crippen MR) is 96.8 cm³/mol. The molecule has 0 aromatic heterocycles. The fourth-order valence-electron chi connectivity index (χ4n) is 2.42. The number of aryl methyl sites for hydroxylation is 1. The van der Waals surface area contributed by atoms with E-state index in [0.29, 0.717) is 22.7 Å². The largest absolute Gasteiger partial charge is 0.423 e. The molecule has 0 saturated carbocycles. The van der Waals surface area contributed by atoms with Gasteiger partial charge in [-0.1, -0.05) is 42.0 Å². The van der Waals surface area contributed by atoms with Gasteiger partial charge in [0.2, 0.25) is 0 Å². The molecule has 0 aliphatic heterocycles. The van der Waals surface area contributed by atoms with Crippen molar-refractivity contribution >= 4 is 17.3 Å². The number of ether oxygens (including phenoxy) is 1. The molecule has 0 radical (unpaired) electrons. The molecular formula is C20H18N2O2. The maximum Gasteiger partial charge on any atom is 0.343 e. The van der Waals surface area contributed by atoms with Crippen LogP contribution in [-0.2, 0) is 0 Å². The summed E-state index contributed by atoms with van der Waals surface area (Å²) in [5.74, 6) is -0.0195. The van der Waals surface area contributed by atoms with Crippen LogP contribution in [0.15, 0.2) is 66.7 Å². The zero-order chi connectivity index (χ0) is 17.1. The van der Waals surface area contributed by atoms with Crippen LogP contribution in [0.1, 0.15) is 15.9 Å². The monoisotopic (exact) mass is 318 g/mol. The lowest BCUT2D eigenvalue weighted by Gasteiger charge is -2.07. The van der Waals surface area contributed by atoms with Gasteiger partial charge in [0.25, 0.3) is 0 Å². The second-order valence-electron chi connectivity index (χ2n) is 5.67. The van der Waals surface area contributed by atoms with Crippen molar-refractivity contribution in [3.05, 3.63) is 77.9 Å².